The zero-order valence-electron chi connectivity index (χ0n) is 19.1. The maximum Gasteiger partial charge on any atom is 0.315 e. The van der Waals surface area contributed by atoms with E-state index in [9.17, 15) is 9.59 Å². The van der Waals surface area contributed by atoms with E-state index in [0.29, 0.717) is 37.6 Å². The van der Waals surface area contributed by atoms with Crippen LogP contribution in [0.3, 0.4) is 0 Å². The Labute approximate surface area is 207 Å². The number of hydrogen-bond donors (Lipinski definition) is 2. The molecule has 0 spiro atoms. The molecule has 0 saturated heterocycles. The van der Waals surface area contributed by atoms with Gasteiger partial charge in [-0.3, -0.25) is 4.79 Å². The van der Waals surface area contributed by atoms with Crippen LogP contribution < -0.4 is 20.1 Å². The Kier molecular flexibility index (Phi) is 8.43. The number of rotatable bonds is 11. The first-order valence-corrected chi connectivity index (χ1v) is 13.1. The average molecular weight is 500 g/mol. The van der Waals surface area contributed by atoms with Gasteiger partial charge < -0.3 is 25.0 Å². The lowest BCUT2D eigenvalue weighted by Crippen LogP contribution is -2.50. The number of nitrogens with one attached hydrogen (secondary N) is 2. The third-order valence-corrected chi connectivity index (χ3v) is 7.23. The van der Waals surface area contributed by atoms with Crippen molar-refractivity contribution in [1.29, 1.82) is 0 Å². The topological polar surface area (TPSA) is 79.9 Å². The maximum atomic E-state index is 13.6. The summed E-state index contributed by atoms with van der Waals surface area (Å²) in [7, 11) is 0. The standard InChI is InChI=1S/C25H29N3O4S2/c1-2-3-8-21(27-25(30)26-14-18-9-10-22-23(13-18)32-17-31-22)24(29)28(15-19-6-4-11-33-19)16-20-7-5-12-34-20/h4-7,9-13,21H,2-3,8,14-17H2,1H3,(H2,26,27,30). The van der Waals surface area contributed by atoms with Crippen LogP contribution in [0.1, 0.15) is 41.5 Å². The Balaban J connectivity index is 1.40. The fourth-order valence-corrected chi connectivity index (χ4v) is 5.16. The number of unbranched alkanes of at least 4 members (excludes halogenated alkanes) is 1. The van der Waals surface area contributed by atoms with E-state index >= 15 is 0 Å². The van der Waals surface area contributed by atoms with Crippen molar-refractivity contribution in [2.24, 2.45) is 0 Å². The molecule has 4 rings (SSSR count). The molecular weight excluding hydrogens is 470 g/mol. The number of amides is 3. The molecule has 0 bridgehead atoms. The molecule has 1 atom stereocenters. The van der Waals surface area contributed by atoms with E-state index in [1.165, 1.54) is 0 Å². The molecule has 3 amide bonds. The van der Waals surface area contributed by atoms with Crippen molar-refractivity contribution in [3.05, 3.63) is 68.5 Å². The summed E-state index contributed by atoms with van der Waals surface area (Å²) in [5.74, 6) is 1.32. The monoisotopic (exact) mass is 499 g/mol. The van der Waals surface area contributed by atoms with Crippen LogP contribution in [0.2, 0.25) is 0 Å². The van der Waals surface area contributed by atoms with Crippen LogP contribution in [-0.4, -0.2) is 29.7 Å². The Morgan fingerprint density at radius 2 is 1.74 bits per heavy atom. The maximum absolute atomic E-state index is 13.6. The second-order valence-electron chi connectivity index (χ2n) is 8.06. The number of fused-ring (bicyclic) bond motifs is 1. The van der Waals surface area contributed by atoms with E-state index in [4.69, 9.17) is 9.47 Å². The first-order chi connectivity index (χ1) is 16.6. The van der Waals surface area contributed by atoms with Crippen molar-refractivity contribution in [2.45, 2.75) is 51.9 Å². The zero-order chi connectivity index (χ0) is 23.8. The van der Waals surface area contributed by atoms with E-state index in [-0.39, 0.29) is 18.7 Å². The van der Waals surface area contributed by atoms with Crippen molar-refractivity contribution in [2.75, 3.05) is 6.79 Å². The van der Waals surface area contributed by atoms with Crippen molar-refractivity contribution in [1.82, 2.24) is 15.5 Å². The molecule has 3 aromatic rings. The summed E-state index contributed by atoms with van der Waals surface area (Å²) in [6, 6.07) is 12.7. The number of benzene rings is 1. The van der Waals surface area contributed by atoms with Gasteiger partial charge >= 0.3 is 6.03 Å². The van der Waals surface area contributed by atoms with Crippen molar-refractivity contribution in [3.8, 4) is 11.5 Å². The van der Waals surface area contributed by atoms with Gasteiger partial charge in [0.2, 0.25) is 12.7 Å². The lowest BCUT2D eigenvalue weighted by atomic mass is 10.1. The van der Waals surface area contributed by atoms with Gasteiger partial charge in [0.1, 0.15) is 6.04 Å². The molecule has 0 radical (unpaired) electrons. The van der Waals surface area contributed by atoms with Gasteiger partial charge in [-0.1, -0.05) is 38.0 Å². The Bertz CT molecular complexity index is 1030. The predicted octanol–water partition coefficient (Wildman–Crippen LogP) is 5.13. The van der Waals surface area contributed by atoms with Gasteiger partial charge in [-0.25, -0.2) is 4.79 Å². The van der Waals surface area contributed by atoms with Crippen LogP contribution in [0.25, 0.3) is 0 Å². The molecule has 1 aromatic carbocycles. The highest BCUT2D eigenvalue weighted by atomic mass is 32.1. The number of nitrogens with zero attached hydrogens (tertiary/aromatic N) is 1. The highest BCUT2D eigenvalue weighted by Gasteiger charge is 2.26. The molecule has 0 saturated carbocycles. The SMILES string of the molecule is CCCCC(NC(=O)NCc1ccc2c(c1)OCO2)C(=O)N(Cc1cccs1)Cc1cccs1. The lowest BCUT2D eigenvalue weighted by Gasteiger charge is -2.27. The number of carbonyl (C=O) groups excluding carboxylic acids is 2. The van der Waals surface area contributed by atoms with Crippen molar-refractivity contribution in [3.63, 3.8) is 0 Å². The van der Waals surface area contributed by atoms with Gasteiger partial charge in [0.25, 0.3) is 0 Å². The molecular formula is C25H29N3O4S2. The van der Waals surface area contributed by atoms with Crippen LogP contribution in [0.4, 0.5) is 4.79 Å². The van der Waals surface area contributed by atoms with Crippen molar-refractivity contribution < 1.29 is 19.1 Å². The molecule has 180 valence electrons. The molecule has 0 fully saturated rings. The third kappa shape index (κ3) is 6.51. The molecule has 1 unspecified atom stereocenters. The second kappa shape index (κ2) is 11.9. The highest BCUT2D eigenvalue weighted by molar-refractivity contribution is 7.10. The summed E-state index contributed by atoms with van der Waals surface area (Å²) >= 11 is 3.26. The summed E-state index contributed by atoms with van der Waals surface area (Å²) in [5, 5.41) is 9.82. The van der Waals surface area contributed by atoms with Crippen LogP contribution in [0, 0.1) is 0 Å². The van der Waals surface area contributed by atoms with Gasteiger partial charge in [-0.2, -0.15) is 0 Å². The Morgan fingerprint density at radius 3 is 2.38 bits per heavy atom. The second-order valence-corrected chi connectivity index (χ2v) is 10.1. The number of hydrogen-bond acceptors (Lipinski definition) is 6. The largest absolute Gasteiger partial charge is 0.454 e. The van der Waals surface area contributed by atoms with Gasteiger partial charge in [-0.15, -0.1) is 22.7 Å². The minimum absolute atomic E-state index is 0.0616. The summed E-state index contributed by atoms with van der Waals surface area (Å²) in [4.78, 5) is 30.4. The third-order valence-electron chi connectivity index (χ3n) is 5.51. The molecule has 9 heteroatoms. The number of carbonyl (C=O) groups is 2. The summed E-state index contributed by atoms with van der Waals surface area (Å²) < 4.78 is 10.7. The normalized spacial score (nSPS) is 12.9. The Morgan fingerprint density at radius 1 is 1.03 bits per heavy atom. The molecule has 2 N–H and O–H groups in total. The minimum atomic E-state index is -0.586. The van der Waals surface area contributed by atoms with Crippen LogP contribution in [0.15, 0.2) is 53.2 Å². The average Bonchev–Trinajstić information content (AvgIpc) is 3.62. The number of ether oxygens (including phenoxy) is 2. The van der Waals surface area contributed by atoms with E-state index < -0.39 is 6.04 Å². The van der Waals surface area contributed by atoms with E-state index in [2.05, 4.69) is 17.6 Å². The van der Waals surface area contributed by atoms with Crippen LogP contribution in [0.5, 0.6) is 11.5 Å². The first kappa shape index (κ1) is 24.1. The van der Waals surface area contributed by atoms with Crippen LogP contribution in [-0.2, 0) is 24.4 Å². The molecule has 7 nitrogen and oxygen atoms in total. The Hall–Kier alpha value is -3.04. The minimum Gasteiger partial charge on any atom is -0.454 e. The zero-order valence-corrected chi connectivity index (χ0v) is 20.8. The van der Waals surface area contributed by atoms with Gasteiger partial charge in [0.15, 0.2) is 11.5 Å². The van der Waals surface area contributed by atoms with Gasteiger partial charge in [-0.05, 0) is 47.0 Å². The fourth-order valence-electron chi connectivity index (χ4n) is 3.72. The quantitative estimate of drug-likeness (QED) is 0.384. The first-order valence-electron chi connectivity index (χ1n) is 11.4. The van der Waals surface area contributed by atoms with Gasteiger partial charge in [0.05, 0.1) is 13.1 Å². The van der Waals surface area contributed by atoms with Crippen molar-refractivity contribution >= 4 is 34.6 Å². The van der Waals surface area contributed by atoms with E-state index in [1.54, 1.807) is 22.7 Å². The highest BCUT2D eigenvalue weighted by Crippen LogP contribution is 2.32. The van der Waals surface area contributed by atoms with Crippen LogP contribution >= 0.6 is 22.7 Å². The molecule has 2 aromatic heterocycles. The van der Waals surface area contributed by atoms with Gasteiger partial charge in [0, 0.05) is 16.3 Å². The number of urea groups is 1. The molecule has 1 aliphatic rings. The molecule has 0 aliphatic carbocycles. The molecule has 3 heterocycles. The summed E-state index contributed by atoms with van der Waals surface area (Å²) in [6.07, 6.45) is 2.39. The summed E-state index contributed by atoms with van der Waals surface area (Å²) in [5.41, 5.74) is 0.896. The molecule has 1 aliphatic heterocycles. The smallest absolute Gasteiger partial charge is 0.315 e. The fraction of sp³-hybridized carbons (Fsp3) is 0.360. The van der Waals surface area contributed by atoms with E-state index in [0.717, 1.165) is 28.2 Å². The van der Waals surface area contributed by atoms with E-state index in [1.807, 2.05) is 58.1 Å². The lowest BCUT2D eigenvalue weighted by molar-refractivity contribution is -0.134. The number of thiophene rings is 2. The molecule has 34 heavy (non-hydrogen) atoms. The predicted molar refractivity (Wildman–Crippen MR) is 134 cm³/mol. The summed E-state index contributed by atoms with van der Waals surface area (Å²) in [6.45, 7) is 3.66.